The van der Waals surface area contributed by atoms with Gasteiger partial charge in [0.1, 0.15) is 5.82 Å². The van der Waals surface area contributed by atoms with Crippen LogP contribution in [0.15, 0.2) is 18.2 Å². The van der Waals surface area contributed by atoms with Crippen molar-refractivity contribution >= 4 is 5.69 Å². The molecule has 0 aromatic heterocycles. The highest BCUT2D eigenvalue weighted by atomic mass is 19.1. The lowest BCUT2D eigenvalue weighted by Gasteiger charge is -2.32. The summed E-state index contributed by atoms with van der Waals surface area (Å²) in [5, 5.41) is 12.0. The Morgan fingerprint density at radius 1 is 1.22 bits per heavy atom. The summed E-state index contributed by atoms with van der Waals surface area (Å²) in [4.78, 5) is 0. The molecule has 96 valence electrons. The van der Waals surface area contributed by atoms with Crippen molar-refractivity contribution in [1.29, 1.82) is 5.26 Å². The molecule has 1 N–H and O–H groups in total. The van der Waals surface area contributed by atoms with Crippen molar-refractivity contribution in [3.63, 3.8) is 0 Å². The summed E-state index contributed by atoms with van der Waals surface area (Å²) in [7, 11) is 0. The van der Waals surface area contributed by atoms with Gasteiger partial charge in [-0.1, -0.05) is 13.8 Å². The van der Waals surface area contributed by atoms with Gasteiger partial charge in [-0.15, -0.1) is 0 Å². The van der Waals surface area contributed by atoms with Crippen molar-refractivity contribution in [2.24, 2.45) is 11.8 Å². The first kappa shape index (κ1) is 12.9. The van der Waals surface area contributed by atoms with Crippen molar-refractivity contribution < 1.29 is 4.39 Å². The number of rotatable bonds is 2. The predicted octanol–water partition coefficient (Wildman–Crippen LogP) is 3.93. The minimum atomic E-state index is -0.333. The molecule has 2 rings (SSSR count). The molecule has 1 aliphatic rings. The van der Waals surface area contributed by atoms with Crippen LogP contribution in [0.1, 0.15) is 38.7 Å². The number of hydrogen-bond donors (Lipinski definition) is 1. The number of nitrogens with one attached hydrogen (secondary N) is 1. The molecule has 0 bridgehead atoms. The molecule has 0 radical (unpaired) electrons. The fraction of sp³-hybridized carbons (Fsp3) is 0.533. The second-order valence-electron chi connectivity index (χ2n) is 5.57. The maximum Gasteiger partial charge on any atom is 0.147 e. The van der Waals surface area contributed by atoms with Gasteiger partial charge in [0.2, 0.25) is 0 Å². The van der Waals surface area contributed by atoms with E-state index in [1.807, 2.05) is 6.07 Å². The molecule has 2 nitrogen and oxygen atoms in total. The van der Waals surface area contributed by atoms with Gasteiger partial charge >= 0.3 is 0 Å². The second-order valence-corrected chi connectivity index (χ2v) is 5.57. The van der Waals surface area contributed by atoms with Gasteiger partial charge in [-0.2, -0.15) is 5.26 Å². The fourth-order valence-electron chi connectivity index (χ4n) is 2.99. The third kappa shape index (κ3) is 3.01. The minimum Gasteiger partial charge on any atom is -0.380 e. The van der Waals surface area contributed by atoms with Gasteiger partial charge in [-0.05, 0) is 49.3 Å². The van der Waals surface area contributed by atoms with E-state index in [-0.39, 0.29) is 5.82 Å². The summed E-state index contributed by atoms with van der Waals surface area (Å²) in [5.41, 5.74) is 0.878. The number of benzene rings is 1. The van der Waals surface area contributed by atoms with Crippen LogP contribution in [-0.4, -0.2) is 6.04 Å². The van der Waals surface area contributed by atoms with Crippen molar-refractivity contribution in [3.05, 3.63) is 29.6 Å². The zero-order valence-corrected chi connectivity index (χ0v) is 10.9. The molecular weight excluding hydrogens is 227 g/mol. The van der Waals surface area contributed by atoms with Gasteiger partial charge in [0.15, 0.2) is 0 Å². The first-order valence-electron chi connectivity index (χ1n) is 6.54. The standard InChI is InChI=1S/C15H19FN2/c1-10-5-11(2)7-13(6-10)18-15-4-3-12(9-17)8-14(15)16/h3-4,8,10-11,13,18H,5-7H2,1-2H3. The van der Waals surface area contributed by atoms with Crippen LogP contribution in [0.5, 0.6) is 0 Å². The Kier molecular flexibility index (Phi) is 3.86. The lowest BCUT2D eigenvalue weighted by molar-refractivity contribution is 0.280. The van der Waals surface area contributed by atoms with Gasteiger partial charge in [0, 0.05) is 6.04 Å². The summed E-state index contributed by atoms with van der Waals surface area (Å²) < 4.78 is 13.8. The van der Waals surface area contributed by atoms with Gasteiger partial charge in [0.25, 0.3) is 0 Å². The van der Waals surface area contributed by atoms with E-state index in [9.17, 15) is 4.39 Å². The predicted molar refractivity (Wildman–Crippen MR) is 70.7 cm³/mol. The van der Waals surface area contributed by atoms with E-state index < -0.39 is 0 Å². The topological polar surface area (TPSA) is 35.8 Å². The van der Waals surface area contributed by atoms with Crippen molar-refractivity contribution in [3.8, 4) is 6.07 Å². The number of halogens is 1. The first-order chi connectivity index (χ1) is 8.58. The van der Waals surface area contributed by atoms with E-state index >= 15 is 0 Å². The van der Waals surface area contributed by atoms with Crippen LogP contribution in [0.3, 0.4) is 0 Å². The Morgan fingerprint density at radius 3 is 2.44 bits per heavy atom. The largest absolute Gasteiger partial charge is 0.380 e. The van der Waals surface area contributed by atoms with Crippen LogP contribution in [0.4, 0.5) is 10.1 Å². The minimum absolute atomic E-state index is 0.333. The molecule has 3 heteroatoms. The summed E-state index contributed by atoms with van der Waals surface area (Å²) >= 11 is 0. The highest BCUT2D eigenvalue weighted by Crippen LogP contribution is 2.31. The summed E-state index contributed by atoms with van der Waals surface area (Å²) in [6, 6.07) is 6.89. The zero-order valence-electron chi connectivity index (χ0n) is 10.9. The Bertz CT molecular complexity index is 454. The highest BCUT2D eigenvalue weighted by Gasteiger charge is 2.24. The maximum absolute atomic E-state index is 13.8. The van der Waals surface area contributed by atoms with Crippen molar-refractivity contribution in [2.45, 2.75) is 39.2 Å². The number of nitriles is 1. The lowest BCUT2D eigenvalue weighted by Crippen LogP contribution is -2.30. The average molecular weight is 246 g/mol. The molecule has 1 saturated carbocycles. The average Bonchev–Trinajstić information content (AvgIpc) is 2.30. The molecule has 1 aliphatic carbocycles. The molecule has 2 unspecified atom stereocenters. The molecule has 0 saturated heterocycles. The molecule has 0 amide bonds. The van der Waals surface area contributed by atoms with E-state index in [4.69, 9.17) is 5.26 Å². The first-order valence-corrected chi connectivity index (χ1v) is 6.54. The van der Waals surface area contributed by atoms with E-state index in [1.165, 1.54) is 12.5 Å². The van der Waals surface area contributed by atoms with Crippen LogP contribution in [0, 0.1) is 29.0 Å². The molecule has 1 fully saturated rings. The van der Waals surface area contributed by atoms with Crippen LogP contribution in [0.25, 0.3) is 0 Å². The van der Waals surface area contributed by atoms with Gasteiger partial charge in [-0.3, -0.25) is 0 Å². The summed E-state index contributed by atoms with van der Waals surface area (Å²) in [6.45, 7) is 4.50. The molecular formula is C15H19FN2. The van der Waals surface area contributed by atoms with E-state index in [0.29, 0.717) is 29.1 Å². The molecule has 1 aromatic carbocycles. The molecule has 0 heterocycles. The van der Waals surface area contributed by atoms with Crippen LogP contribution in [0.2, 0.25) is 0 Å². The van der Waals surface area contributed by atoms with Gasteiger partial charge < -0.3 is 5.32 Å². The third-order valence-electron chi connectivity index (χ3n) is 3.64. The van der Waals surface area contributed by atoms with Crippen LogP contribution in [-0.2, 0) is 0 Å². The molecule has 1 aromatic rings. The third-order valence-corrected chi connectivity index (χ3v) is 3.64. The van der Waals surface area contributed by atoms with E-state index in [1.54, 1.807) is 12.1 Å². The van der Waals surface area contributed by atoms with Crippen LogP contribution < -0.4 is 5.32 Å². The molecule has 2 atom stereocenters. The normalized spacial score (nSPS) is 27.6. The van der Waals surface area contributed by atoms with Gasteiger partial charge in [0.05, 0.1) is 17.3 Å². The summed E-state index contributed by atoms with van der Waals surface area (Å²) in [6.07, 6.45) is 3.43. The zero-order chi connectivity index (χ0) is 13.1. The second kappa shape index (κ2) is 5.39. The molecule has 18 heavy (non-hydrogen) atoms. The number of nitrogens with zero attached hydrogens (tertiary/aromatic N) is 1. The van der Waals surface area contributed by atoms with Crippen LogP contribution >= 0.6 is 0 Å². The highest BCUT2D eigenvalue weighted by molar-refractivity contribution is 5.49. The Balaban J connectivity index is 2.07. The maximum atomic E-state index is 13.8. The van der Waals surface area contributed by atoms with Gasteiger partial charge in [-0.25, -0.2) is 4.39 Å². The molecule has 0 aliphatic heterocycles. The number of hydrogen-bond acceptors (Lipinski definition) is 2. The monoisotopic (exact) mass is 246 g/mol. The lowest BCUT2D eigenvalue weighted by atomic mass is 9.80. The smallest absolute Gasteiger partial charge is 0.147 e. The van der Waals surface area contributed by atoms with E-state index in [2.05, 4.69) is 19.2 Å². The Morgan fingerprint density at radius 2 is 1.89 bits per heavy atom. The fourth-order valence-corrected chi connectivity index (χ4v) is 2.99. The van der Waals surface area contributed by atoms with Crippen molar-refractivity contribution in [2.75, 3.05) is 5.32 Å². The van der Waals surface area contributed by atoms with E-state index in [0.717, 1.165) is 12.8 Å². The Hall–Kier alpha value is -1.56. The molecule has 0 spiro atoms. The quantitative estimate of drug-likeness (QED) is 0.858. The number of anilines is 1. The Labute approximate surface area is 108 Å². The summed E-state index contributed by atoms with van der Waals surface area (Å²) in [5.74, 6) is 1.04. The SMILES string of the molecule is CC1CC(C)CC(Nc2ccc(C#N)cc2F)C1. The van der Waals surface area contributed by atoms with Crippen molar-refractivity contribution in [1.82, 2.24) is 0 Å².